The molecule has 2 aromatic carbocycles. The zero-order valence-corrected chi connectivity index (χ0v) is 17.1. The molecule has 0 aliphatic heterocycles. The fourth-order valence-corrected chi connectivity index (χ4v) is 4.31. The maximum Gasteiger partial charge on any atom is 0.240 e. The minimum absolute atomic E-state index is 0.141. The predicted molar refractivity (Wildman–Crippen MR) is 107 cm³/mol. The first-order valence-electron chi connectivity index (χ1n) is 8.27. The summed E-state index contributed by atoms with van der Waals surface area (Å²) in [5, 5.41) is 2.77. The molecule has 0 fully saturated rings. The van der Waals surface area contributed by atoms with Crippen molar-refractivity contribution in [2.24, 2.45) is 0 Å². The maximum atomic E-state index is 12.1. The molecule has 0 aliphatic carbocycles. The second-order valence-corrected chi connectivity index (χ2v) is 9.10. The lowest BCUT2D eigenvalue weighted by Gasteiger charge is -2.10. The molecule has 26 heavy (non-hydrogen) atoms. The highest BCUT2D eigenvalue weighted by molar-refractivity contribution is 7.99. The van der Waals surface area contributed by atoms with E-state index in [1.165, 1.54) is 24.2 Å². The molecule has 2 rings (SSSR count). The number of anilines is 1. The van der Waals surface area contributed by atoms with Crippen LogP contribution in [0.25, 0.3) is 0 Å². The second kappa shape index (κ2) is 8.70. The van der Waals surface area contributed by atoms with Gasteiger partial charge in [-0.2, -0.15) is 0 Å². The molecule has 7 heteroatoms. The summed E-state index contributed by atoms with van der Waals surface area (Å²) in [6.07, 6.45) is 0.347. The molecule has 0 bridgehead atoms. The van der Waals surface area contributed by atoms with Gasteiger partial charge in [-0.05, 0) is 68.8 Å². The Morgan fingerprint density at radius 1 is 1.00 bits per heavy atom. The van der Waals surface area contributed by atoms with Gasteiger partial charge >= 0.3 is 0 Å². The lowest BCUT2D eigenvalue weighted by atomic mass is 10.1. The Morgan fingerprint density at radius 2 is 1.69 bits per heavy atom. The van der Waals surface area contributed by atoms with Gasteiger partial charge in [0, 0.05) is 22.8 Å². The Balaban J connectivity index is 1.95. The highest BCUT2D eigenvalue weighted by Gasteiger charge is 2.15. The Bertz CT molecular complexity index is 909. The number of hydrogen-bond acceptors (Lipinski definition) is 4. The highest BCUT2D eigenvalue weighted by Crippen LogP contribution is 2.23. The van der Waals surface area contributed by atoms with Crippen LogP contribution < -0.4 is 10.0 Å². The summed E-state index contributed by atoms with van der Waals surface area (Å²) in [5.74, 6) is 0.514. The van der Waals surface area contributed by atoms with Gasteiger partial charge in [0.15, 0.2) is 0 Å². The van der Waals surface area contributed by atoms with E-state index >= 15 is 0 Å². The van der Waals surface area contributed by atoms with Gasteiger partial charge in [-0.3, -0.25) is 4.79 Å². The lowest BCUT2D eigenvalue weighted by Crippen LogP contribution is -2.20. The van der Waals surface area contributed by atoms with Gasteiger partial charge in [0.1, 0.15) is 0 Å². The van der Waals surface area contributed by atoms with Crippen molar-refractivity contribution < 1.29 is 13.2 Å². The van der Waals surface area contributed by atoms with E-state index in [1.807, 2.05) is 0 Å². The van der Waals surface area contributed by atoms with Gasteiger partial charge in [0.05, 0.1) is 4.90 Å². The average Bonchev–Trinajstić information content (AvgIpc) is 2.59. The smallest absolute Gasteiger partial charge is 0.240 e. The third-order valence-electron chi connectivity index (χ3n) is 4.11. The molecular formula is C19H24N2O3S2. The molecule has 0 atom stereocenters. The van der Waals surface area contributed by atoms with Crippen LogP contribution >= 0.6 is 11.8 Å². The van der Waals surface area contributed by atoms with Gasteiger partial charge in [-0.1, -0.05) is 12.1 Å². The average molecular weight is 393 g/mol. The van der Waals surface area contributed by atoms with Gasteiger partial charge in [0.2, 0.25) is 15.9 Å². The number of benzene rings is 2. The summed E-state index contributed by atoms with van der Waals surface area (Å²) in [7, 11) is -2.19. The summed E-state index contributed by atoms with van der Waals surface area (Å²) in [6.45, 7) is 5.86. The van der Waals surface area contributed by atoms with E-state index in [9.17, 15) is 13.2 Å². The molecule has 0 radical (unpaired) electrons. The zero-order valence-electron chi connectivity index (χ0n) is 15.4. The Labute approximate surface area is 159 Å². The highest BCUT2D eigenvalue weighted by atomic mass is 32.2. The lowest BCUT2D eigenvalue weighted by molar-refractivity contribution is -0.115. The van der Waals surface area contributed by atoms with Crippen molar-refractivity contribution in [3.05, 3.63) is 53.1 Å². The standard InChI is InChI=1S/C19H24N2O3S2/c1-13-6-8-17(11-15(13)3)25-10-9-19(22)21-16-7-5-14(2)18(12-16)26(23,24)20-4/h5-8,11-12,20H,9-10H2,1-4H3,(H,21,22). The monoisotopic (exact) mass is 392 g/mol. The minimum Gasteiger partial charge on any atom is -0.326 e. The summed E-state index contributed by atoms with van der Waals surface area (Å²) >= 11 is 1.63. The number of thioether (sulfide) groups is 1. The fourth-order valence-electron chi connectivity index (χ4n) is 2.37. The molecular weight excluding hydrogens is 368 g/mol. The molecule has 0 unspecified atom stereocenters. The molecule has 2 N–H and O–H groups in total. The summed E-state index contributed by atoms with van der Waals surface area (Å²) in [6, 6.07) is 11.1. The largest absolute Gasteiger partial charge is 0.326 e. The van der Waals surface area contributed by atoms with Crippen LogP contribution in [0.4, 0.5) is 5.69 Å². The molecule has 140 valence electrons. The van der Waals surface area contributed by atoms with Crippen molar-refractivity contribution in [3.63, 3.8) is 0 Å². The number of amides is 1. The molecule has 0 saturated heterocycles. The number of hydrogen-bond donors (Lipinski definition) is 2. The molecule has 0 aromatic heterocycles. The maximum absolute atomic E-state index is 12.1. The van der Waals surface area contributed by atoms with E-state index in [2.05, 4.69) is 42.1 Å². The zero-order chi connectivity index (χ0) is 19.3. The first-order valence-corrected chi connectivity index (χ1v) is 10.7. The number of carbonyl (C=O) groups excluding carboxylic acids is 1. The molecule has 0 heterocycles. The van der Waals surface area contributed by atoms with Crippen molar-refractivity contribution in [3.8, 4) is 0 Å². The number of sulfonamides is 1. The summed E-state index contributed by atoms with van der Waals surface area (Å²) in [5.41, 5.74) is 3.59. The third kappa shape index (κ3) is 5.33. The second-order valence-electron chi connectivity index (χ2n) is 6.08. The van der Waals surface area contributed by atoms with Crippen LogP contribution in [0.2, 0.25) is 0 Å². The SMILES string of the molecule is CNS(=O)(=O)c1cc(NC(=O)CCSc2ccc(C)c(C)c2)ccc1C. The molecule has 0 saturated carbocycles. The van der Waals surface area contributed by atoms with Crippen LogP contribution in [0.1, 0.15) is 23.1 Å². The summed E-state index contributed by atoms with van der Waals surface area (Å²) in [4.78, 5) is 13.5. The van der Waals surface area contributed by atoms with Gasteiger partial charge in [-0.15, -0.1) is 11.8 Å². The molecule has 0 aliphatic rings. The minimum atomic E-state index is -3.55. The first-order chi connectivity index (χ1) is 12.2. The van der Waals surface area contributed by atoms with Crippen molar-refractivity contribution in [1.29, 1.82) is 0 Å². The van der Waals surface area contributed by atoms with Crippen molar-refractivity contribution in [2.75, 3.05) is 18.1 Å². The number of carbonyl (C=O) groups is 1. The molecule has 2 aromatic rings. The number of aryl methyl sites for hydroxylation is 3. The van der Waals surface area contributed by atoms with Crippen LogP contribution in [0.3, 0.4) is 0 Å². The van der Waals surface area contributed by atoms with E-state index in [-0.39, 0.29) is 10.8 Å². The van der Waals surface area contributed by atoms with E-state index < -0.39 is 10.0 Å². The Hall–Kier alpha value is -1.83. The van der Waals surface area contributed by atoms with Crippen LogP contribution in [0.5, 0.6) is 0 Å². The molecule has 5 nitrogen and oxygen atoms in total. The van der Waals surface area contributed by atoms with Crippen LogP contribution in [0.15, 0.2) is 46.2 Å². The van der Waals surface area contributed by atoms with Crippen LogP contribution in [-0.4, -0.2) is 27.1 Å². The van der Waals surface area contributed by atoms with Gasteiger partial charge in [-0.25, -0.2) is 13.1 Å². The van der Waals surface area contributed by atoms with Gasteiger partial charge in [0.25, 0.3) is 0 Å². The number of nitrogens with one attached hydrogen (secondary N) is 2. The summed E-state index contributed by atoms with van der Waals surface area (Å²) < 4.78 is 26.3. The third-order valence-corrected chi connectivity index (χ3v) is 6.66. The van der Waals surface area contributed by atoms with Crippen LogP contribution in [0, 0.1) is 20.8 Å². The van der Waals surface area contributed by atoms with E-state index in [1.54, 1.807) is 30.8 Å². The molecule has 0 spiro atoms. The van der Waals surface area contributed by atoms with Crippen molar-refractivity contribution in [1.82, 2.24) is 4.72 Å². The van der Waals surface area contributed by atoms with Crippen molar-refractivity contribution in [2.45, 2.75) is 37.0 Å². The first kappa shape index (κ1) is 20.5. The Morgan fingerprint density at radius 3 is 2.35 bits per heavy atom. The van der Waals surface area contributed by atoms with Crippen molar-refractivity contribution >= 4 is 33.4 Å². The normalized spacial score (nSPS) is 11.4. The van der Waals surface area contributed by atoms with Crippen LogP contribution in [-0.2, 0) is 14.8 Å². The van der Waals surface area contributed by atoms with E-state index in [0.29, 0.717) is 23.4 Å². The fraction of sp³-hybridized carbons (Fsp3) is 0.316. The van der Waals surface area contributed by atoms with Gasteiger partial charge < -0.3 is 5.32 Å². The topological polar surface area (TPSA) is 75.3 Å². The Kier molecular flexibility index (Phi) is 6.86. The quantitative estimate of drug-likeness (QED) is 0.706. The predicted octanol–water partition coefficient (Wildman–Crippen LogP) is 3.64. The van der Waals surface area contributed by atoms with E-state index in [0.717, 1.165) is 4.90 Å². The molecule has 1 amide bonds. The number of rotatable bonds is 7. The van der Waals surface area contributed by atoms with E-state index in [4.69, 9.17) is 0 Å².